The van der Waals surface area contributed by atoms with Crippen molar-refractivity contribution in [3.8, 4) is 0 Å². The first-order valence-corrected chi connectivity index (χ1v) is 6.66. The van der Waals surface area contributed by atoms with Crippen molar-refractivity contribution in [1.82, 2.24) is 0 Å². The smallest absolute Gasteiger partial charge is 0.283 e. The van der Waals surface area contributed by atoms with Crippen molar-refractivity contribution in [2.45, 2.75) is 12.8 Å². The molecule has 4 nitrogen and oxygen atoms in total. The summed E-state index contributed by atoms with van der Waals surface area (Å²) >= 11 is 1.60. The zero-order valence-electron chi connectivity index (χ0n) is 9.89. The number of carbonyl (C=O) groups excluding carboxylic acids is 1. The van der Waals surface area contributed by atoms with Crippen molar-refractivity contribution < 1.29 is 14.6 Å². The Morgan fingerprint density at radius 2 is 2.39 bits per heavy atom. The highest BCUT2D eigenvalue weighted by molar-refractivity contribution is 7.08. The Kier molecular flexibility index (Phi) is 4.17. The second-order valence-corrected chi connectivity index (χ2v) is 4.80. The number of thiophene rings is 1. The molecule has 0 aromatic carbocycles. The van der Waals surface area contributed by atoms with Gasteiger partial charge in [-0.15, -0.1) is 0 Å². The van der Waals surface area contributed by atoms with Crippen molar-refractivity contribution in [1.29, 1.82) is 0 Å². The summed E-state index contributed by atoms with van der Waals surface area (Å²) in [5.41, 5.74) is 8.38. The summed E-state index contributed by atoms with van der Waals surface area (Å²) in [7, 11) is 0. The Morgan fingerprint density at radius 3 is 3.00 bits per heavy atom. The van der Waals surface area contributed by atoms with Crippen LogP contribution in [0, 0.1) is 0 Å². The maximum absolute atomic E-state index is 11.2. The largest absolute Gasteiger partial charge is 0.483 e. The van der Waals surface area contributed by atoms with Gasteiger partial charge in [0, 0.05) is 6.61 Å². The normalized spacial score (nSPS) is 15.3. The SMILES string of the molecule is NC(=O)C1=CC(c2ccsc2)=C(CCCO)CO1. The van der Waals surface area contributed by atoms with E-state index in [2.05, 4.69) is 0 Å². The number of ether oxygens (including phenoxy) is 1. The van der Waals surface area contributed by atoms with E-state index in [0.29, 0.717) is 13.0 Å². The Balaban J connectivity index is 2.35. The first-order chi connectivity index (χ1) is 8.72. The quantitative estimate of drug-likeness (QED) is 0.850. The minimum atomic E-state index is -0.552. The molecule has 1 aliphatic rings. The molecule has 18 heavy (non-hydrogen) atoms. The van der Waals surface area contributed by atoms with Gasteiger partial charge in [0.1, 0.15) is 6.61 Å². The molecule has 0 bridgehead atoms. The van der Waals surface area contributed by atoms with E-state index in [0.717, 1.165) is 23.1 Å². The molecule has 2 heterocycles. The van der Waals surface area contributed by atoms with Gasteiger partial charge in [-0.3, -0.25) is 4.79 Å². The Hall–Kier alpha value is -1.59. The molecule has 5 heteroatoms. The summed E-state index contributed by atoms with van der Waals surface area (Å²) < 4.78 is 5.33. The van der Waals surface area contributed by atoms with Gasteiger partial charge in [-0.25, -0.2) is 0 Å². The number of aliphatic hydroxyl groups excluding tert-OH is 1. The summed E-state index contributed by atoms with van der Waals surface area (Å²) in [4.78, 5) is 11.2. The summed E-state index contributed by atoms with van der Waals surface area (Å²) in [6.07, 6.45) is 3.14. The lowest BCUT2D eigenvalue weighted by molar-refractivity contribution is -0.117. The van der Waals surface area contributed by atoms with Crippen molar-refractivity contribution in [2.75, 3.05) is 13.2 Å². The van der Waals surface area contributed by atoms with Gasteiger partial charge in [0.05, 0.1) is 0 Å². The van der Waals surface area contributed by atoms with E-state index in [4.69, 9.17) is 15.6 Å². The van der Waals surface area contributed by atoms with Gasteiger partial charge in [0.25, 0.3) is 5.91 Å². The number of carbonyl (C=O) groups is 1. The molecular formula is C13H15NO3S. The third-order valence-corrected chi connectivity index (χ3v) is 3.45. The van der Waals surface area contributed by atoms with Gasteiger partial charge in [0.15, 0.2) is 5.76 Å². The standard InChI is InChI=1S/C13H15NO3S/c14-13(16)12-6-11(10-3-5-18-8-10)9(7-17-12)2-1-4-15/h3,5-6,8,15H,1-2,4,7H2,(H2,14,16). The third kappa shape index (κ3) is 2.80. The van der Waals surface area contributed by atoms with Gasteiger partial charge < -0.3 is 15.6 Å². The van der Waals surface area contributed by atoms with Crippen LogP contribution in [-0.2, 0) is 9.53 Å². The first-order valence-electron chi connectivity index (χ1n) is 5.72. The highest BCUT2D eigenvalue weighted by Crippen LogP contribution is 2.30. The highest BCUT2D eigenvalue weighted by Gasteiger charge is 2.18. The van der Waals surface area contributed by atoms with Crippen molar-refractivity contribution in [2.24, 2.45) is 5.73 Å². The van der Waals surface area contributed by atoms with Gasteiger partial charge in [0.2, 0.25) is 0 Å². The van der Waals surface area contributed by atoms with E-state index < -0.39 is 5.91 Å². The molecule has 0 aliphatic carbocycles. The number of primary amides is 1. The van der Waals surface area contributed by atoms with Crippen molar-refractivity contribution >= 4 is 22.8 Å². The lowest BCUT2D eigenvalue weighted by Crippen LogP contribution is -2.20. The Bertz CT molecular complexity index is 488. The van der Waals surface area contributed by atoms with Crippen LogP contribution in [0.5, 0.6) is 0 Å². The average molecular weight is 265 g/mol. The first kappa shape index (κ1) is 12.9. The van der Waals surface area contributed by atoms with Crippen LogP contribution >= 0.6 is 11.3 Å². The molecule has 2 rings (SSSR count). The summed E-state index contributed by atoms with van der Waals surface area (Å²) in [6.45, 7) is 0.507. The summed E-state index contributed by atoms with van der Waals surface area (Å²) in [6, 6.07) is 2.00. The predicted molar refractivity (Wildman–Crippen MR) is 70.8 cm³/mol. The Labute approximate surface area is 109 Å². The molecule has 0 saturated heterocycles. The van der Waals surface area contributed by atoms with Gasteiger partial charge in [-0.2, -0.15) is 11.3 Å². The van der Waals surface area contributed by atoms with Crippen LogP contribution in [0.1, 0.15) is 18.4 Å². The molecule has 96 valence electrons. The molecular weight excluding hydrogens is 250 g/mol. The van der Waals surface area contributed by atoms with Gasteiger partial charge in [-0.1, -0.05) is 0 Å². The second-order valence-electron chi connectivity index (χ2n) is 4.02. The van der Waals surface area contributed by atoms with E-state index in [1.165, 1.54) is 0 Å². The molecule has 0 unspecified atom stereocenters. The molecule has 0 radical (unpaired) electrons. The van der Waals surface area contributed by atoms with E-state index >= 15 is 0 Å². The Morgan fingerprint density at radius 1 is 1.56 bits per heavy atom. The molecule has 0 fully saturated rings. The van der Waals surface area contributed by atoms with Crippen molar-refractivity contribution in [3.05, 3.63) is 39.8 Å². The molecule has 3 N–H and O–H groups in total. The molecule has 1 aromatic rings. The number of rotatable bonds is 5. The van der Waals surface area contributed by atoms with Gasteiger partial charge >= 0.3 is 0 Å². The summed E-state index contributed by atoms with van der Waals surface area (Å²) in [5.74, 6) is -0.354. The predicted octanol–water partition coefficient (Wildman–Crippen LogP) is 1.67. The second kappa shape index (κ2) is 5.84. The summed E-state index contributed by atoms with van der Waals surface area (Å²) in [5, 5.41) is 12.9. The molecule has 0 saturated carbocycles. The monoisotopic (exact) mass is 265 g/mol. The van der Waals surface area contributed by atoms with E-state index in [1.807, 2.05) is 16.8 Å². The van der Waals surface area contributed by atoms with Crippen LogP contribution in [0.2, 0.25) is 0 Å². The van der Waals surface area contributed by atoms with Crippen LogP contribution in [-0.4, -0.2) is 24.2 Å². The fourth-order valence-corrected chi connectivity index (χ4v) is 2.52. The molecule has 1 aromatic heterocycles. The third-order valence-electron chi connectivity index (χ3n) is 2.77. The van der Waals surface area contributed by atoms with E-state index in [9.17, 15) is 4.79 Å². The molecule has 1 amide bonds. The molecule has 0 spiro atoms. The maximum Gasteiger partial charge on any atom is 0.283 e. The number of allylic oxidation sites excluding steroid dienone is 2. The lowest BCUT2D eigenvalue weighted by Gasteiger charge is -2.19. The fraction of sp³-hybridized carbons (Fsp3) is 0.308. The minimum absolute atomic E-state index is 0.146. The fourth-order valence-electron chi connectivity index (χ4n) is 1.86. The van der Waals surface area contributed by atoms with Crippen LogP contribution < -0.4 is 5.73 Å². The number of nitrogens with two attached hydrogens (primary N) is 1. The molecule has 1 aliphatic heterocycles. The minimum Gasteiger partial charge on any atom is -0.483 e. The number of hydrogen-bond acceptors (Lipinski definition) is 4. The van der Waals surface area contributed by atoms with Crippen LogP contribution in [0.4, 0.5) is 0 Å². The number of aliphatic hydroxyl groups is 1. The van der Waals surface area contributed by atoms with E-state index in [1.54, 1.807) is 17.4 Å². The number of hydrogen-bond donors (Lipinski definition) is 2. The number of amides is 1. The lowest BCUT2D eigenvalue weighted by atomic mass is 9.97. The highest BCUT2D eigenvalue weighted by atomic mass is 32.1. The van der Waals surface area contributed by atoms with Crippen LogP contribution in [0.25, 0.3) is 5.57 Å². The van der Waals surface area contributed by atoms with Crippen LogP contribution in [0.3, 0.4) is 0 Å². The maximum atomic E-state index is 11.2. The average Bonchev–Trinajstić information content (AvgIpc) is 2.89. The van der Waals surface area contributed by atoms with Crippen LogP contribution in [0.15, 0.2) is 34.2 Å². The van der Waals surface area contributed by atoms with E-state index in [-0.39, 0.29) is 12.4 Å². The van der Waals surface area contributed by atoms with Crippen molar-refractivity contribution in [3.63, 3.8) is 0 Å². The molecule has 0 atom stereocenters. The topological polar surface area (TPSA) is 72.6 Å². The zero-order chi connectivity index (χ0) is 13.0. The van der Waals surface area contributed by atoms with Gasteiger partial charge in [-0.05, 0) is 52.5 Å². The zero-order valence-corrected chi connectivity index (χ0v) is 10.7.